The lowest BCUT2D eigenvalue weighted by atomic mass is 10.1. The smallest absolute Gasteiger partial charge is 0.261 e. The quantitative estimate of drug-likeness (QED) is 0.771. The minimum Gasteiger partial charge on any atom is -0.495 e. The molecule has 0 heterocycles. The van der Waals surface area contributed by atoms with E-state index in [4.69, 9.17) is 4.74 Å². The number of methoxy groups -OCH3 is 1. The van der Waals surface area contributed by atoms with Gasteiger partial charge in [0.05, 0.1) is 23.4 Å². The maximum Gasteiger partial charge on any atom is 0.261 e. The van der Waals surface area contributed by atoms with Crippen molar-refractivity contribution in [3.05, 3.63) is 47.5 Å². The first-order chi connectivity index (χ1) is 12.3. The highest BCUT2D eigenvalue weighted by Crippen LogP contribution is 2.30. The summed E-state index contributed by atoms with van der Waals surface area (Å²) in [6.07, 6.45) is 0.988. The number of benzene rings is 2. The minimum absolute atomic E-state index is 0.0509. The minimum atomic E-state index is -3.82. The van der Waals surface area contributed by atoms with Gasteiger partial charge in [0, 0.05) is 6.42 Å². The molecule has 0 bridgehead atoms. The molecule has 0 saturated carbocycles. The Kier molecular flexibility index (Phi) is 6.26. The van der Waals surface area contributed by atoms with Crippen LogP contribution in [0, 0.1) is 6.92 Å². The van der Waals surface area contributed by atoms with Gasteiger partial charge >= 0.3 is 0 Å². The second-order valence-corrected chi connectivity index (χ2v) is 7.51. The number of hydrogen-bond acceptors (Lipinski definition) is 4. The molecule has 6 nitrogen and oxygen atoms in total. The lowest BCUT2D eigenvalue weighted by Crippen LogP contribution is -2.16. The normalized spacial score (nSPS) is 11.1. The predicted octanol–water partition coefficient (Wildman–Crippen LogP) is 3.72. The van der Waals surface area contributed by atoms with Crippen molar-refractivity contribution >= 4 is 27.3 Å². The molecule has 140 valence electrons. The summed E-state index contributed by atoms with van der Waals surface area (Å²) in [5.74, 6) is 0.175. The zero-order valence-corrected chi connectivity index (χ0v) is 16.2. The van der Waals surface area contributed by atoms with Crippen LogP contribution in [0.4, 0.5) is 11.4 Å². The van der Waals surface area contributed by atoms with Gasteiger partial charge in [-0.2, -0.15) is 0 Å². The van der Waals surface area contributed by atoms with E-state index in [0.717, 1.165) is 11.1 Å². The first-order valence-electron chi connectivity index (χ1n) is 8.41. The van der Waals surface area contributed by atoms with Crippen LogP contribution >= 0.6 is 0 Å². The molecular weight excluding hydrogens is 352 g/mol. The second kappa shape index (κ2) is 8.23. The van der Waals surface area contributed by atoms with E-state index in [0.29, 0.717) is 23.5 Å². The third kappa shape index (κ3) is 4.35. The van der Waals surface area contributed by atoms with E-state index in [1.807, 2.05) is 32.0 Å². The molecule has 0 aliphatic rings. The van der Waals surface area contributed by atoms with Crippen LogP contribution in [-0.2, 0) is 21.2 Å². The molecule has 1 amide bonds. The van der Waals surface area contributed by atoms with E-state index in [-0.39, 0.29) is 17.2 Å². The summed E-state index contributed by atoms with van der Waals surface area (Å²) < 4.78 is 33.6. The molecule has 0 aromatic heterocycles. The Morgan fingerprint density at radius 2 is 1.88 bits per heavy atom. The fraction of sp³-hybridized carbons (Fsp3) is 0.316. The van der Waals surface area contributed by atoms with Crippen LogP contribution in [0.1, 0.15) is 31.4 Å². The summed E-state index contributed by atoms with van der Waals surface area (Å²) in [6, 6.07) is 10.0. The van der Waals surface area contributed by atoms with Gasteiger partial charge in [0.2, 0.25) is 5.91 Å². The maximum atomic E-state index is 12.9. The zero-order valence-electron chi connectivity index (χ0n) is 15.4. The van der Waals surface area contributed by atoms with Crippen molar-refractivity contribution in [1.82, 2.24) is 0 Å². The van der Waals surface area contributed by atoms with E-state index >= 15 is 0 Å². The van der Waals surface area contributed by atoms with Crippen molar-refractivity contribution in [1.29, 1.82) is 0 Å². The largest absolute Gasteiger partial charge is 0.495 e. The number of aryl methyl sites for hydroxylation is 2. The number of sulfonamides is 1. The molecule has 0 atom stereocenters. The van der Waals surface area contributed by atoms with Crippen LogP contribution in [0.3, 0.4) is 0 Å². The van der Waals surface area contributed by atoms with Gasteiger partial charge in [-0.25, -0.2) is 8.42 Å². The SMILES string of the molecule is CCC(=O)Nc1cc(S(=O)(=O)Nc2c(C)cccc2CC)ccc1OC. The average molecular weight is 376 g/mol. The van der Waals surface area contributed by atoms with E-state index < -0.39 is 10.0 Å². The molecule has 0 spiro atoms. The lowest BCUT2D eigenvalue weighted by Gasteiger charge is -2.16. The Labute approximate surface area is 154 Å². The van der Waals surface area contributed by atoms with Crippen LogP contribution in [0.25, 0.3) is 0 Å². The van der Waals surface area contributed by atoms with E-state index in [2.05, 4.69) is 10.0 Å². The summed E-state index contributed by atoms with van der Waals surface area (Å²) in [4.78, 5) is 11.7. The Hall–Kier alpha value is -2.54. The van der Waals surface area contributed by atoms with E-state index in [9.17, 15) is 13.2 Å². The standard InChI is InChI=1S/C19H24N2O4S/c1-5-14-9-7-8-13(3)19(14)21-26(23,24)15-10-11-17(25-4)16(12-15)20-18(22)6-2/h7-12,21H,5-6H2,1-4H3,(H,20,22). The Bertz CT molecular complexity index is 908. The average Bonchev–Trinajstić information content (AvgIpc) is 2.63. The van der Waals surface area contributed by atoms with Crippen molar-refractivity contribution in [3.8, 4) is 5.75 Å². The van der Waals surface area contributed by atoms with Crippen molar-refractivity contribution in [2.75, 3.05) is 17.1 Å². The van der Waals surface area contributed by atoms with Gasteiger partial charge in [-0.3, -0.25) is 9.52 Å². The van der Waals surface area contributed by atoms with Crippen molar-refractivity contribution in [3.63, 3.8) is 0 Å². The van der Waals surface area contributed by atoms with E-state index in [1.54, 1.807) is 6.92 Å². The molecule has 7 heteroatoms. The van der Waals surface area contributed by atoms with Crippen LogP contribution in [0.2, 0.25) is 0 Å². The summed E-state index contributed by atoms with van der Waals surface area (Å²) in [5, 5.41) is 2.67. The molecule has 2 rings (SSSR count). The Balaban J connectivity index is 2.43. The zero-order chi connectivity index (χ0) is 19.3. The molecular formula is C19H24N2O4S. The molecule has 2 N–H and O–H groups in total. The molecule has 0 aliphatic carbocycles. The number of anilines is 2. The third-order valence-corrected chi connectivity index (χ3v) is 5.40. The van der Waals surface area contributed by atoms with Crippen molar-refractivity contribution in [2.24, 2.45) is 0 Å². The summed E-state index contributed by atoms with van der Waals surface area (Å²) in [7, 11) is -2.35. The molecule has 26 heavy (non-hydrogen) atoms. The lowest BCUT2D eigenvalue weighted by molar-refractivity contribution is -0.115. The number of ether oxygens (including phenoxy) is 1. The number of hydrogen-bond donors (Lipinski definition) is 2. The van der Waals surface area contributed by atoms with Gasteiger partial charge in [-0.1, -0.05) is 32.0 Å². The number of amides is 1. The molecule has 2 aromatic carbocycles. The van der Waals surface area contributed by atoms with Gasteiger partial charge in [-0.05, 0) is 42.7 Å². The molecule has 0 fully saturated rings. The van der Waals surface area contributed by atoms with Crippen LogP contribution < -0.4 is 14.8 Å². The Morgan fingerprint density at radius 1 is 1.15 bits per heavy atom. The summed E-state index contributed by atoms with van der Waals surface area (Å²) in [6.45, 7) is 5.55. The summed E-state index contributed by atoms with van der Waals surface area (Å²) in [5.41, 5.74) is 2.68. The van der Waals surface area contributed by atoms with Crippen molar-refractivity contribution < 1.29 is 17.9 Å². The molecule has 0 saturated heterocycles. The molecule has 0 unspecified atom stereocenters. The number of rotatable bonds is 7. The first-order valence-corrected chi connectivity index (χ1v) is 9.89. The van der Waals surface area contributed by atoms with Gasteiger partial charge in [0.25, 0.3) is 10.0 Å². The molecule has 0 aliphatic heterocycles. The number of carbonyl (C=O) groups excluding carboxylic acids is 1. The van der Waals surface area contributed by atoms with Gasteiger partial charge in [-0.15, -0.1) is 0 Å². The highest BCUT2D eigenvalue weighted by molar-refractivity contribution is 7.92. The number of para-hydroxylation sites is 1. The number of nitrogens with one attached hydrogen (secondary N) is 2. The highest BCUT2D eigenvalue weighted by atomic mass is 32.2. The van der Waals surface area contributed by atoms with Crippen molar-refractivity contribution in [2.45, 2.75) is 38.5 Å². The van der Waals surface area contributed by atoms with Crippen LogP contribution in [0.5, 0.6) is 5.75 Å². The topological polar surface area (TPSA) is 84.5 Å². The predicted molar refractivity (Wildman–Crippen MR) is 103 cm³/mol. The number of carbonyl (C=O) groups is 1. The highest BCUT2D eigenvalue weighted by Gasteiger charge is 2.19. The third-order valence-electron chi connectivity index (χ3n) is 4.05. The Morgan fingerprint density at radius 3 is 2.50 bits per heavy atom. The summed E-state index contributed by atoms with van der Waals surface area (Å²) >= 11 is 0. The van der Waals surface area contributed by atoms with Crippen LogP contribution in [-0.4, -0.2) is 21.4 Å². The molecule has 0 radical (unpaired) electrons. The molecule has 2 aromatic rings. The van der Waals surface area contributed by atoms with E-state index in [1.165, 1.54) is 25.3 Å². The fourth-order valence-electron chi connectivity index (χ4n) is 2.55. The second-order valence-electron chi connectivity index (χ2n) is 5.83. The maximum absolute atomic E-state index is 12.9. The van der Waals surface area contributed by atoms with Gasteiger partial charge < -0.3 is 10.1 Å². The van der Waals surface area contributed by atoms with Gasteiger partial charge in [0.15, 0.2) is 0 Å². The first kappa shape index (κ1) is 19.8. The monoisotopic (exact) mass is 376 g/mol. The fourth-order valence-corrected chi connectivity index (χ4v) is 3.75. The van der Waals surface area contributed by atoms with Crippen LogP contribution in [0.15, 0.2) is 41.3 Å². The van der Waals surface area contributed by atoms with Gasteiger partial charge in [0.1, 0.15) is 5.75 Å².